The number of imidazole rings is 1. The van der Waals surface area contributed by atoms with E-state index in [0.29, 0.717) is 16.4 Å². The van der Waals surface area contributed by atoms with Gasteiger partial charge in [0.25, 0.3) is 0 Å². The Labute approximate surface area is 133 Å². The molecule has 0 atom stereocenters. The second-order valence-electron chi connectivity index (χ2n) is 5.21. The van der Waals surface area contributed by atoms with Crippen LogP contribution in [0.5, 0.6) is 0 Å². The van der Waals surface area contributed by atoms with Gasteiger partial charge in [-0.25, -0.2) is 9.97 Å². The molecule has 0 saturated carbocycles. The van der Waals surface area contributed by atoms with Gasteiger partial charge in [0.1, 0.15) is 5.82 Å². The lowest BCUT2D eigenvalue weighted by atomic mass is 10.2. The number of nitrogens with zero attached hydrogens (tertiary/aromatic N) is 5. The van der Waals surface area contributed by atoms with Gasteiger partial charge in [0, 0.05) is 51.8 Å². The minimum absolute atomic E-state index is 0.320. The van der Waals surface area contributed by atoms with E-state index in [1.807, 2.05) is 17.8 Å². The van der Waals surface area contributed by atoms with Crippen LogP contribution in [0.3, 0.4) is 0 Å². The number of aromatic nitrogens is 3. The number of rotatable bonds is 3. The molecule has 1 saturated heterocycles. The van der Waals surface area contributed by atoms with Gasteiger partial charge in [0.2, 0.25) is 11.9 Å². The molecule has 0 aliphatic carbocycles. The number of aryl methyl sites for hydroxylation is 1. The van der Waals surface area contributed by atoms with Gasteiger partial charge >= 0.3 is 0 Å². The van der Waals surface area contributed by atoms with Gasteiger partial charge in [-0.05, 0) is 6.07 Å². The number of carbonyl (C=O) groups is 1. The van der Waals surface area contributed by atoms with Crippen LogP contribution in [-0.4, -0.2) is 46.6 Å². The summed E-state index contributed by atoms with van der Waals surface area (Å²) < 4.78 is 2.00. The maximum Gasteiger partial charge on any atom is 0.250 e. The quantitative estimate of drug-likeness (QED) is 0.908. The molecule has 8 heteroatoms. The first-order valence-corrected chi connectivity index (χ1v) is 7.36. The van der Waals surface area contributed by atoms with Crippen molar-refractivity contribution in [3.8, 4) is 0 Å². The summed E-state index contributed by atoms with van der Waals surface area (Å²) in [6.07, 6.45) is 5.19. The molecule has 22 heavy (non-hydrogen) atoms. The van der Waals surface area contributed by atoms with E-state index in [1.165, 1.54) is 6.20 Å². The first-order chi connectivity index (χ1) is 10.6. The molecule has 2 aromatic heterocycles. The van der Waals surface area contributed by atoms with Crippen molar-refractivity contribution >= 4 is 29.3 Å². The molecule has 0 unspecified atom stereocenters. The van der Waals surface area contributed by atoms with Crippen molar-refractivity contribution in [2.24, 2.45) is 12.8 Å². The van der Waals surface area contributed by atoms with Crippen LogP contribution in [0.1, 0.15) is 10.4 Å². The third-order valence-corrected chi connectivity index (χ3v) is 4.04. The maximum atomic E-state index is 11.1. The monoisotopic (exact) mass is 320 g/mol. The summed E-state index contributed by atoms with van der Waals surface area (Å²) in [5, 5.41) is 0.446. The van der Waals surface area contributed by atoms with E-state index in [-0.39, 0.29) is 0 Å². The molecule has 2 aromatic rings. The van der Waals surface area contributed by atoms with Gasteiger partial charge in [0.15, 0.2) is 0 Å². The number of piperazine rings is 1. The van der Waals surface area contributed by atoms with Gasteiger partial charge in [-0.3, -0.25) is 4.79 Å². The highest BCUT2D eigenvalue weighted by Crippen LogP contribution is 2.25. The predicted molar refractivity (Wildman–Crippen MR) is 85.4 cm³/mol. The third-order valence-electron chi connectivity index (χ3n) is 3.76. The van der Waals surface area contributed by atoms with E-state index in [0.717, 1.165) is 32.1 Å². The molecule has 3 rings (SSSR count). The number of pyridine rings is 1. The Morgan fingerprint density at radius 2 is 1.91 bits per heavy atom. The number of primary amides is 1. The summed E-state index contributed by atoms with van der Waals surface area (Å²) in [5.41, 5.74) is 5.55. The molecule has 1 aliphatic heterocycles. The Balaban J connectivity index is 1.71. The minimum atomic E-state index is -0.527. The number of hydrogen-bond acceptors (Lipinski definition) is 5. The van der Waals surface area contributed by atoms with Crippen LogP contribution in [0.25, 0.3) is 0 Å². The Morgan fingerprint density at radius 1 is 1.23 bits per heavy atom. The zero-order valence-electron chi connectivity index (χ0n) is 12.2. The summed E-state index contributed by atoms with van der Waals surface area (Å²) in [6.45, 7) is 3.24. The molecule has 7 nitrogen and oxygen atoms in total. The fourth-order valence-electron chi connectivity index (χ4n) is 2.58. The number of carbonyl (C=O) groups excluding carboxylic acids is 1. The number of halogens is 1. The van der Waals surface area contributed by atoms with Crippen molar-refractivity contribution in [1.29, 1.82) is 0 Å². The normalized spacial score (nSPS) is 15.2. The SMILES string of the molecule is Cn1ccnc1N1CCN(c2ncc(C(N)=O)cc2Cl)CC1. The molecule has 116 valence electrons. The molecule has 0 bridgehead atoms. The van der Waals surface area contributed by atoms with Crippen LogP contribution in [0.4, 0.5) is 11.8 Å². The van der Waals surface area contributed by atoms with Crippen molar-refractivity contribution in [2.45, 2.75) is 0 Å². The largest absolute Gasteiger partial charge is 0.366 e. The third kappa shape index (κ3) is 2.71. The Bertz CT molecular complexity index is 692. The van der Waals surface area contributed by atoms with Gasteiger partial charge in [0.05, 0.1) is 10.6 Å². The van der Waals surface area contributed by atoms with E-state index in [4.69, 9.17) is 17.3 Å². The predicted octanol–water partition coefficient (Wildman–Crippen LogP) is 0.894. The zero-order chi connectivity index (χ0) is 15.7. The van der Waals surface area contributed by atoms with Crippen LogP contribution >= 0.6 is 11.6 Å². The maximum absolute atomic E-state index is 11.1. The highest BCUT2D eigenvalue weighted by atomic mass is 35.5. The van der Waals surface area contributed by atoms with Crippen LogP contribution < -0.4 is 15.5 Å². The summed E-state index contributed by atoms with van der Waals surface area (Å²) in [4.78, 5) is 24.1. The summed E-state index contributed by atoms with van der Waals surface area (Å²) in [5.74, 6) is 1.12. The second kappa shape index (κ2) is 5.84. The van der Waals surface area contributed by atoms with Crippen LogP contribution in [0.2, 0.25) is 5.02 Å². The van der Waals surface area contributed by atoms with E-state index in [1.54, 1.807) is 12.3 Å². The molecular weight excluding hydrogens is 304 g/mol. The topological polar surface area (TPSA) is 80.3 Å². The molecule has 3 heterocycles. The van der Waals surface area contributed by atoms with E-state index in [2.05, 4.69) is 19.8 Å². The van der Waals surface area contributed by atoms with Crippen molar-refractivity contribution in [1.82, 2.24) is 14.5 Å². The van der Waals surface area contributed by atoms with Crippen molar-refractivity contribution in [3.05, 3.63) is 35.2 Å². The van der Waals surface area contributed by atoms with Gasteiger partial charge in [-0.1, -0.05) is 11.6 Å². The average molecular weight is 321 g/mol. The van der Waals surface area contributed by atoms with Crippen molar-refractivity contribution in [3.63, 3.8) is 0 Å². The standard InChI is InChI=1S/C14H17ClN6O/c1-19-3-2-17-14(19)21-6-4-20(5-7-21)13-11(15)8-10(9-18-13)12(16)22/h2-3,8-9H,4-7H2,1H3,(H2,16,22). The number of amides is 1. The number of anilines is 2. The molecule has 1 amide bonds. The van der Waals surface area contributed by atoms with Gasteiger partial charge in [-0.15, -0.1) is 0 Å². The molecule has 2 N–H and O–H groups in total. The Morgan fingerprint density at radius 3 is 2.45 bits per heavy atom. The first kappa shape index (κ1) is 14.6. The van der Waals surface area contributed by atoms with Crippen LogP contribution in [-0.2, 0) is 7.05 Å². The average Bonchev–Trinajstić information content (AvgIpc) is 2.93. The Hall–Kier alpha value is -2.28. The van der Waals surface area contributed by atoms with E-state index < -0.39 is 5.91 Å². The Kier molecular flexibility index (Phi) is 3.89. The van der Waals surface area contributed by atoms with Crippen LogP contribution in [0, 0.1) is 0 Å². The second-order valence-corrected chi connectivity index (χ2v) is 5.61. The first-order valence-electron chi connectivity index (χ1n) is 6.99. The van der Waals surface area contributed by atoms with Crippen molar-refractivity contribution < 1.29 is 4.79 Å². The molecule has 0 radical (unpaired) electrons. The van der Waals surface area contributed by atoms with Gasteiger partial charge < -0.3 is 20.1 Å². The van der Waals surface area contributed by atoms with Gasteiger partial charge in [-0.2, -0.15) is 0 Å². The van der Waals surface area contributed by atoms with Crippen molar-refractivity contribution in [2.75, 3.05) is 36.0 Å². The molecule has 0 spiro atoms. The highest BCUT2D eigenvalue weighted by Gasteiger charge is 2.22. The number of nitrogens with two attached hydrogens (primary N) is 1. The number of hydrogen-bond donors (Lipinski definition) is 1. The fraction of sp³-hybridized carbons (Fsp3) is 0.357. The molecule has 1 fully saturated rings. The lowest BCUT2D eigenvalue weighted by molar-refractivity contribution is 0.1000. The summed E-state index contributed by atoms with van der Waals surface area (Å²) in [6, 6.07) is 1.57. The molecule has 0 aromatic carbocycles. The fourth-order valence-corrected chi connectivity index (χ4v) is 2.86. The lowest BCUT2D eigenvalue weighted by Gasteiger charge is -2.36. The summed E-state index contributed by atoms with van der Waals surface area (Å²) >= 11 is 6.23. The zero-order valence-corrected chi connectivity index (χ0v) is 13.0. The molecule has 1 aliphatic rings. The highest BCUT2D eigenvalue weighted by molar-refractivity contribution is 6.33. The molecular formula is C14H17ClN6O. The van der Waals surface area contributed by atoms with E-state index >= 15 is 0 Å². The van der Waals surface area contributed by atoms with Crippen LogP contribution in [0.15, 0.2) is 24.7 Å². The summed E-state index contributed by atoms with van der Waals surface area (Å²) in [7, 11) is 1.98. The van der Waals surface area contributed by atoms with E-state index in [9.17, 15) is 4.79 Å². The smallest absolute Gasteiger partial charge is 0.250 e. The minimum Gasteiger partial charge on any atom is -0.366 e. The lowest BCUT2D eigenvalue weighted by Crippen LogP contribution is -2.47.